The number of nitrogens with zero attached hydrogens (tertiary/aromatic N) is 2. The number of H-pyrrole nitrogens is 1. The molecular weight excluding hydrogens is 402 g/mol. The first kappa shape index (κ1) is 18.3. The summed E-state index contributed by atoms with van der Waals surface area (Å²) in [5, 5.41) is 16.7. The van der Waals surface area contributed by atoms with Crippen LogP contribution in [0.25, 0.3) is 30.9 Å². The number of aromatic amines is 1. The maximum absolute atomic E-state index is 8.90. The number of fused-ring (bicyclic) bond motifs is 2. The number of nitrogens with one attached hydrogen (secondary N) is 3. The Hall–Kier alpha value is -2.78. The molecule has 0 aliphatic heterocycles. The van der Waals surface area contributed by atoms with Gasteiger partial charge in [0.05, 0.1) is 16.8 Å². The number of thiophene rings is 2. The summed E-state index contributed by atoms with van der Waals surface area (Å²) in [6.07, 6.45) is 3.55. The van der Waals surface area contributed by atoms with Crippen molar-refractivity contribution < 1.29 is 5.11 Å². The van der Waals surface area contributed by atoms with Gasteiger partial charge in [-0.1, -0.05) is 0 Å². The van der Waals surface area contributed by atoms with Gasteiger partial charge < -0.3 is 20.7 Å². The fourth-order valence-electron chi connectivity index (χ4n) is 3.23. The quantitative estimate of drug-likeness (QED) is 0.286. The summed E-state index contributed by atoms with van der Waals surface area (Å²) >= 11 is 3.46. The summed E-state index contributed by atoms with van der Waals surface area (Å²) < 4.78 is 1.05. The third kappa shape index (κ3) is 3.75. The molecule has 4 aromatic heterocycles. The fraction of sp³-hybridized carbons (Fsp3) is 0.143. The summed E-state index contributed by atoms with van der Waals surface area (Å²) in [6, 6.07) is 14.7. The van der Waals surface area contributed by atoms with Gasteiger partial charge in [-0.05, 0) is 42.5 Å². The molecule has 0 saturated heterocycles. The third-order valence-electron chi connectivity index (χ3n) is 4.62. The van der Waals surface area contributed by atoms with Crippen LogP contribution in [0.1, 0.15) is 4.88 Å². The summed E-state index contributed by atoms with van der Waals surface area (Å²) in [5.41, 5.74) is 3.06. The molecule has 5 aromatic rings. The molecule has 0 amide bonds. The summed E-state index contributed by atoms with van der Waals surface area (Å²) in [4.78, 5) is 15.8. The van der Waals surface area contributed by atoms with E-state index < -0.39 is 0 Å². The van der Waals surface area contributed by atoms with E-state index in [9.17, 15) is 0 Å². The van der Waals surface area contributed by atoms with Crippen LogP contribution in [0.15, 0.2) is 55.0 Å². The number of aromatic nitrogens is 3. The van der Waals surface area contributed by atoms with Crippen LogP contribution < -0.4 is 10.6 Å². The molecular formula is C21H19N5OS2. The first-order valence-corrected chi connectivity index (χ1v) is 10.9. The molecule has 0 bridgehead atoms. The average molecular weight is 422 g/mol. The van der Waals surface area contributed by atoms with Crippen molar-refractivity contribution in [2.45, 2.75) is 6.54 Å². The predicted octanol–water partition coefficient (Wildman–Crippen LogP) is 4.73. The second-order valence-electron chi connectivity index (χ2n) is 6.62. The van der Waals surface area contributed by atoms with Crippen LogP contribution in [0.2, 0.25) is 0 Å². The molecule has 0 atom stereocenters. The lowest BCUT2D eigenvalue weighted by atomic mass is 10.2. The molecule has 0 radical (unpaired) electrons. The predicted molar refractivity (Wildman–Crippen MR) is 121 cm³/mol. The molecule has 0 spiro atoms. The largest absolute Gasteiger partial charge is 0.395 e. The van der Waals surface area contributed by atoms with Crippen LogP contribution >= 0.6 is 22.7 Å². The van der Waals surface area contributed by atoms with E-state index in [0.29, 0.717) is 6.54 Å². The number of benzene rings is 1. The maximum Gasteiger partial charge on any atom is 0.151 e. The van der Waals surface area contributed by atoms with Crippen molar-refractivity contribution in [2.24, 2.45) is 0 Å². The molecule has 29 heavy (non-hydrogen) atoms. The summed E-state index contributed by atoms with van der Waals surface area (Å²) in [6.45, 7) is 1.53. The van der Waals surface area contributed by atoms with E-state index in [0.717, 1.165) is 39.2 Å². The molecule has 4 heterocycles. The van der Waals surface area contributed by atoms with E-state index in [-0.39, 0.29) is 6.61 Å². The van der Waals surface area contributed by atoms with Crippen molar-refractivity contribution >= 4 is 55.3 Å². The first-order chi connectivity index (χ1) is 14.3. The number of hydrogen-bond acceptors (Lipinski definition) is 7. The first-order valence-electron chi connectivity index (χ1n) is 9.29. The van der Waals surface area contributed by atoms with Gasteiger partial charge in [0.15, 0.2) is 5.82 Å². The van der Waals surface area contributed by atoms with Crippen LogP contribution in [0.4, 0.5) is 11.5 Å². The van der Waals surface area contributed by atoms with Gasteiger partial charge in [-0.3, -0.25) is 0 Å². The van der Waals surface area contributed by atoms with Crippen molar-refractivity contribution in [3.05, 3.63) is 59.9 Å². The second kappa shape index (κ2) is 7.92. The molecule has 0 unspecified atom stereocenters. The zero-order valence-corrected chi connectivity index (χ0v) is 17.1. The van der Waals surface area contributed by atoms with Crippen molar-refractivity contribution in [1.82, 2.24) is 20.3 Å². The molecule has 6 nitrogen and oxygen atoms in total. The smallest absolute Gasteiger partial charge is 0.151 e. The van der Waals surface area contributed by atoms with Crippen molar-refractivity contribution in [3.63, 3.8) is 0 Å². The highest BCUT2D eigenvalue weighted by molar-refractivity contribution is 7.26. The molecule has 1 aromatic carbocycles. The van der Waals surface area contributed by atoms with Gasteiger partial charge in [0.25, 0.3) is 0 Å². The van der Waals surface area contributed by atoms with Crippen LogP contribution in [0, 0.1) is 0 Å². The Morgan fingerprint density at radius 1 is 1.00 bits per heavy atom. The Kier molecular flexibility index (Phi) is 4.99. The molecule has 0 aliphatic carbocycles. The van der Waals surface area contributed by atoms with Gasteiger partial charge in [0.1, 0.15) is 6.33 Å². The van der Waals surface area contributed by atoms with E-state index in [1.54, 1.807) is 29.0 Å². The van der Waals surface area contributed by atoms with E-state index >= 15 is 0 Å². The van der Waals surface area contributed by atoms with Gasteiger partial charge in [0, 0.05) is 50.5 Å². The number of anilines is 2. The molecule has 0 saturated carbocycles. The zero-order chi connectivity index (χ0) is 19.6. The number of aliphatic hydroxyl groups is 1. The monoisotopic (exact) mass is 421 g/mol. The summed E-state index contributed by atoms with van der Waals surface area (Å²) in [7, 11) is 0. The standard InChI is InChI=1S/C21H19N5OS2/c27-8-7-22-11-15-2-4-18(28-15)19-10-17-20(29-19)21(25-12-24-17)26-14-1-3-16-13(9-14)5-6-23-16/h1-6,9-10,12,22-23,27H,7-8,11H2,(H,24,25,26). The second-order valence-corrected chi connectivity index (χ2v) is 8.84. The Labute approximate surface area is 175 Å². The van der Waals surface area contributed by atoms with Crippen molar-refractivity contribution in [2.75, 3.05) is 18.5 Å². The minimum absolute atomic E-state index is 0.153. The Bertz CT molecular complexity index is 1270. The van der Waals surface area contributed by atoms with E-state index in [2.05, 4.69) is 62.0 Å². The van der Waals surface area contributed by atoms with Gasteiger partial charge in [-0.15, -0.1) is 22.7 Å². The highest BCUT2D eigenvalue weighted by atomic mass is 32.1. The van der Waals surface area contributed by atoms with Crippen LogP contribution in [0.5, 0.6) is 0 Å². The third-order valence-corrected chi connectivity index (χ3v) is 7.03. The Balaban J connectivity index is 1.43. The highest BCUT2D eigenvalue weighted by Crippen LogP contribution is 2.39. The number of hydrogen-bond donors (Lipinski definition) is 4. The van der Waals surface area contributed by atoms with Gasteiger partial charge in [-0.2, -0.15) is 0 Å². The molecule has 0 fully saturated rings. The number of rotatable bonds is 7. The van der Waals surface area contributed by atoms with Gasteiger partial charge in [0.2, 0.25) is 0 Å². The lowest BCUT2D eigenvalue weighted by Gasteiger charge is -2.06. The molecule has 0 aliphatic rings. The fourth-order valence-corrected chi connectivity index (χ4v) is 5.34. The molecule has 5 rings (SSSR count). The number of aliphatic hydroxyl groups excluding tert-OH is 1. The lowest BCUT2D eigenvalue weighted by molar-refractivity contribution is 0.292. The van der Waals surface area contributed by atoms with Crippen LogP contribution in [-0.2, 0) is 6.54 Å². The zero-order valence-electron chi connectivity index (χ0n) is 15.5. The summed E-state index contributed by atoms with van der Waals surface area (Å²) in [5.74, 6) is 0.822. The van der Waals surface area contributed by atoms with Crippen molar-refractivity contribution in [3.8, 4) is 9.75 Å². The molecule has 146 valence electrons. The van der Waals surface area contributed by atoms with Crippen LogP contribution in [0.3, 0.4) is 0 Å². The van der Waals surface area contributed by atoms with Gasteiger partial charge >= 0.3 is 0 Å². The van der Waals surface area contributed by atoms with Crippen molar-refractivity contribution in [1.29, 1.82) is 0 Å². The topological polar surface area (TPSA) is 85.9 Å². The average Bonchev–Trinajstić information content (AvgIpc) is 3.47. The van der Waals surface area contributed by atoms with E-state index in [1.165, 1.54) is 14.6 Å². The SMILES string of the molecule is OCCNCc1ccc(-c2cc3ncnc(Nc4ccc5[nH]ccc5c4)c3s2)s1. The Morgan fingerprint density at radius 2 is 1.97 bits per heavy atom. The minimum atomic E-state index is 0.153. The maximum atomic E-state index is 8.90. The molecule has 8 heteroatoms. The minimum Gasteiger partial charge on any atom is -0.395 e. The van der Waals surface area contributed by atoms with E-state index in [1.807, 2.05) is 12.3 Å². The normalized spacial score (nSPS) is 11.5. The van der Waals surface area contributed by atoms with E-state index in [4.69, 9.17) is 5.11 Å². The van der Waals surface area contributed by atoms with Crippen LogP contribution in [-0.4, -0.2) is 33.2 Å². The highest BCUT2D eigenvalue weighted by Gasteiger charge is 2.12. The molecule has 4 N–H and O–H groups in total. The van der Waals surface area contributed by atoms with Gasteiger partial charge in [-0.25, -0.2) is 9.97 Å². The Morgan fingerprint density at radius 3 is 2.90 bits per heavy atom. The lowest BCUT2D eigenvalue weighted by Crippen LogP contribution is -2.16.